The van der Waals surface area contributed by atoms with E-state index in [1.807, 2.05) is 19.1 Å². The highest BCUT2D eigenvalue weighted by Gasteiger charge is 2.27. The lowest BCUT2D eigenvalue weighted by atomic mass is 10.2. The molecule has 0 bridgehead atoms. The maximum absolute atomic E-state index is 11.8. The molecule has 4 nitrogen and oxygen atoms in total. The van der Waals surface area contributed by atoms with Crippen LogP contribution in [0.4, 0.5) is 18.9 Å². The van der Waals surface area contributed by atoms with Crippen LogP contribution in [-0.4, -0.2) is 38.4 Å². The second kappa shape index (κ2) is 7.86. The summed E-state index contributed by atoms with van der Waals surface area (Å²) in [5, 5.41) is 5.36. The van der Waals surface area contributed by atoms with E-state index >= 15 is 0 Å². The maximum atomic E-state index is 11.8. The Morgan fingerprint density at radius 3 is 2.50 bits per heavy atom. The van der Waals surface area contributed by atoms with E-state index in [2.05, 4.69) is 15.4 Å². The molecule has 0 saturated heterocycles. The number of amides is 1. The van der Waals surface area contributed by atoms with E-state index in [1.165, 1.54) is 0 Å². The van der Waals surface area contributed by atoms with Gasteiger partial charge in [0.1, 0.15) is 6.61 Å². The predicted molar refractivity (Wildman–Crippen MR) is 69.6 cm³/mol. The van der Waals surface area contributed by atoms with Crippen LogP contribution in [-0.2, 0) is 9.53 Å². The summed E-state index contributed by atoms with van der Waals surface area (Å²) >= 11 is 0. The number of carbonyl (C=O) groups excluding carboxylic acids is 1. The van der Waals surface area contributed by atoms with Gasteiger partial charge in [0.05, 0.1) is 13.2 Å². The minimum absolute atomic E-state index is 0.0171. The molecular weight excluding hydrogens is 273 g/mol. The highest BCUT2D eigenvalue weighted by molar-refractivity contribution is 5.92. The molecule has 7 heteroatoms. The lowest BCUT2D eigenvalue weighted by Crippen LogP contribution is -2.31. The molecule has 0 radical (unpaired) electrons. The molecule has 20 heavy (non-hydrogen) atoms. The second-order valence-corrected chi connectivity index (χ2v) is 4.26. The van der Waals surface area contributed by atoms with Crippen molar-refractivity contribution in [2.75, 3.05) is 31.6 Å². The average molecular weight is 290 g/mol. The molecule has 0 saturated carbocycles. The molecule has 0 aromatic heterocycles. The largest absolute Gasteiger partial charge is 0.411 e. The van der Waals surface area contributed by atoms with Gasteiger partial charge in [-0.05, 0) is 19.1 Å². The van der Waals surface area contributed by atoms with E-state index in [0.29, 0.717) is 5.69 Å². The normalized spacial score (nSPS) is 11.4. The fraction of sp³-hybridized carbons (Fsp3) is 0.462. The monoisotopic (exact) mass is 290 g/mol. The third kappa shape index (κ3) is 7.75. The Bertz CT molecular complexity index is 419. The molecule has 2 N–H and O–H groups in total. The molecule has 0 aliphatic heterocycles. The zero-order valence-electron chi connectivity index (χ0n) is 11.1. The fourth-order valence-corrected chi connectivity index (χ4v) is 1.38. The number of halogens is 3. The first-order valence-electron chi connectivity index (χ1n) is 6.08. The number of nitrogens with one attached hydrogen (secondary N) is 2. The number of benzene rings is 1. The van der Waals surface area contributed by atoms with Gasteiger partial charge in [-0.25, -0.2) is 0 Å². The molecule has 1 rings (SSSR count). The van der Waals surface area contributed by atoms with Gasteiger partial charge in [0.25, 0.3) is 0 Å². The Kier molecular flexibility index (Phi) is 6.47. The Morgan fingerprint density at radius 1 is 1.25 bits per heavy atom. The molecule has 0 aliphatic rings. The molecule has 0 heterocycles. The molecule has 1 amide bonds. The summed E-state index contributed by atoms with van der Waals surface area (Å²) in [5.74, 6) is -0.260. The molecule has 0 unspecified atom stereocenters. The van der Waals surface area contributed by atoms with Gasteiger partial charge < -0.3 is 15.4 Å². The summed E-state index contributed by atoms with van der Waals surface area (Å²) in [6.07, 6.45) is -4.32. The molecule has 0 fully saturated rings. The Morgan fingerprint density at radius 2 is 1.90 bits per heavy atom. The molecule has 0 spiro atoms. The quantitative estimate of drug-likeness (QED) is 0.756. The van der Waals surface area contributed by atoms with Gasteiger partial charge >= 0.3 is 6.18 Å². The van der Waals surface area contributed by atoms with E-state index in [1.54, 1.807) is 12.1 Å². The van der Waals surface area contributed by atoms with Crippen molar-refractivity contribution >= 4 is 11.6 Å². The van der Waals surface area contributed by atoms with Crippen molar-refractivity contribution in [3.05, 3.63) is 29.8 Å². The van der Waals surface area contributed by atoms with Crippen LogP contribution in [0.5, 0.6) is 0 Å². The van der Waals surface area contributed by atoms with Crippen LogP contribution < -0.4 is 10.6 Å². The first kappa shape index (κ1) is 16.5. The van der Waals surface area contributed by atoms with Crippen LogP contribution in [0.3, 0.4) is 0 Å². The van der Waals surface area contributed by atoms with Crippen molar-refractivity contribution in [3.8, 4) is 0 Å². The van der Waals surface area contributed by atoms with Crippen LogP contribution >= 0.6 is 0 Å². The second-order valence-electron chi connectivity index (χ2n) is 4.26. The topological polar surface area (TPSA) is 50.4 Å². The van der Waals surface area contributed by atoms with E-state index in [4.69, 9.17) is 0 Å². The summed E-state index contributed by atoms with van der Waals surface area (Å²) in [6.45, 7) is 0.760. The molecule has 0 atom stereocenters. The van der Waals surface area contributed by atoms with Crippen LogP contribution in [0.15, 0.2) is 24.3 Å². The Hall–Kier alpha value is -1.60. The molecular formula is C13H17F3N2O2. The van der Waals surface area contributed by atoms with Crippen molar-refractivity contribution in [2.24, 2.45) is 0 Å². The zero-order chi connectivity index (χ0) is 15.0. The van der Waals surface area contributed by atoms with Gasteiger partial charge in [0, 0.05) is 12.2 Å². The Balaban J connectivity index is 2.10. The lowest BCUT2D eigenvalue weighted by molar-refractivity contribution is -0.173. The predicted octanol–water partition coefficient (Wildman–Crippen LogP) is 2.10. The average Bonchev–Trinajstić information content (AvgIpc) is 2.35. The highest BCUT2D eigenvalue weighted by Crippen LogP contribution is 2.13. The first-order chi connectivity index (χ1) is 9.37. The minimum Gasteiger partial charge on any atom is -0.371 e. The number of carbonyl (C=O) groups is 1. The summed E-state index contributed by atoms with van der Waals surface area (Å²) in [7, 11) is 0. The van der Waals surface area contributed by atoms with E-state index in [-0.39, 0.29) is 25.6 Å². The van der Waals surface area contributed by atoms with E-state index in [0.717, 1.165) is 5.56 Å². The fourth-order valence-electron chi connectivity index (χ4n) is 1.38. The number of hydrogen-bond donors (Lipinski definition) is 2. The standard InChI is InChI=1S/C13H17F3N2O2/c1-10-2-4-11(5-3-10)18-12(19)8-17-6-7-20-9-13(14,15)16/h2-5,17H,6-9H2,1H3,(H,18,19). The van der Waals surface area contributed by atoms with Crippen molar-refractivity contribution in [3.63, 3.8) is 0 Å². The smallest absolute Gasteiger partial charge is 0.371 e. The molecule has 112 valence electrons. The summed E-state index contributed by atoms with van der Waals surface area (Å²) < 4.78 is 39.7. The summed E-state index contributed by atoms with van der Waals surface area (Å²) in [6, 6.07) is 7.29. The van der Waals surface area contributed by atoms with Crippen molar-refractivity contribution < 1.29 is 22.7 Å². The van der Waals surface area contributed by atoms with Crippen molar-refractivity contribution in [2.45, 2.75) is 13.1 Å². The number of alkyl halides is 3. The van der Waals surface area contributed by atoms with Crippen molar-refractivity contribution in [1.29, 1.82) is 0 Å². The van der Waals surface area contributed by atoms with Crippen LogP contribution in [0, 0.1) is 6.92 Å². The third-order valence-corrected chi connectivity index (χ3v) is 2.31. The number of rotatable bonds is 7. The lowest BCUT2D eigenvalue weighted by Gasteiger charge is -2.09. The zero-order valence-corrected chi connectivity index (χ0v) is 11.1. The summed E-state index contributed by atoms with van der Waals surface area (Å²) in [4.78, 5) is 11.5. The Labute approximate surface area is 115 Å². The van der Waals surface area contributed by atoms with E-state index in [9.17, 15) is 18.0 Å². The minimum atomic E-state index is -4.32. The molecule has 0 aliphatic carbocycles. The van der Waals surface area contributed by atoms with Crippen LogP contribution in [0.25, 0.3) is 0 Å². The summed E-state index contributed by atoms with van der Waals surface area (Å²) in [5.41, 5.74) is 1.76. The molecule has 1 aromatic rings. The van der Waals surface area contributed by atoms with Crippen LogP contribution in [0.2, 0.25) is 0 Å². The van der Waals surface area contributed by atoms with Crippen LogP contribution in [0.1, 0.15) is 5.56 Å². The molecule has 1 aromatic carbocycles. The highest BCUT2D eigenvalue weighted by atomic mass is 19.4. The van der Waals surface area contributed by atoms with Crippen molar-refractivity contribution in [1.82, 2.24) is 5.32 Å². The van der Waals surface area contributed by atoms with Gasteiger partial charge in [-0.1, -0.05) is 17.7 Å². The van der Waals surface area contributed by atoms with Gasteiger partial charge in [-0.3, -0.25) is 4.79 Å². The third-order valence-electron chi connectivity index (χ3n) is 2.31. The first-order valence-corrected chi connectivity index (χ1v) is 6.08. The van der Waals surface area contributed by atoms with Gasteiger partial charge in [-0.2, -0.15) is 13.2 Å². The number of hydrogen-bond acceptors (Lipinski definition) is 3. The van der Waals surface area contributed by atoms with Gasteiger partial charge in [0.2, 0.25) is 5.91 Å². The number of ether oxygens (including phenoxy) is 1. The maximum Gasteiger partial charge on any atom is 0.411 e. The number of anilines is 1. The SMILES string of the molecule is Cc1ccc(NC(=O)CNCCOCC(F)(F)F)cc1. The van der Waals surface area contributed by atoms with Gasteiger partial charge in [-0.15, -0.1) is 0 Å². The van der Waals surface area contributed by atoms with Gasteiger partial charge in [0.15, 0.2) is 0 Å². The number of aryl methyl sites for hydroxylation is 1. The van der Waals surface area contributed by atoms with E-state index < -0.39 is 12.8 Å².